The molecule has 0 radical (unpaired) electrons. The Hall–Kier alpha value is -2.75. The Labute approximate surface area is 175 Å². The second-order valence-corrected chi connectivity index (χ2v) is 8.07. The maximum Gasteiger partial charge on any atom is 0.229 e. The van der Waals surface area contributed by atoms with Crippen molar-refractivity contribution in [3.05, 3.63) is 76.3 Å². The molecule has 2 aromatic rings. The third-order valence-electron chi connectivity index (χ3n) is 5.19. The van der Waals surface area contributed by atoms with Crippen LogP contribution in [0.3, 0.4) is 0 Å². The summed E-state index contributed by atoms with van der Waals surface area (Å²) < 4.78 is 5.51. The highest BCUT2D eigenvalue weighted by atomic mass is 32.2. The van der Waals surface area contributed by atoms with Crippen LogP contribution in [-0.4, -0.2) is 34.9 Å². The molecule has 0 spiro atoms. The lowest BCUT2D eigenvalue weighted by Gasteiger charge is -2.41. The normalized spacial score (nSPS) is 19.7. The molecule has 1 fully saturated rings. The zero-order valence-corrected chi connectivity index (χ0v) is 17.2. The maximum absolute atomic E-state index is 13.0. The second kappa shape index (κ2) is 8.73. The standard InChI is InChI=1S/C23H23N3O2S/c1-2-28-19-10-8-18(9-11-19)20-12-22(27)26-15-25(14-17-6-4-3-5-7-17)16-29-23(26)21(20)13-24/h3-11,20H,2,12,14-16H2,1H3. The van der Waals surface area contributed by atoms with E-state index in [0.717, 1.165) is 28.8 Å². The number of amides is 1. The topological polar surface area (TPSA) is 56.6 Å². The molecule has 2 aliphatic heterocycles. The van der Waals surface area contributed by atoms with Gasteiger partial charge in [0.05, 0.1) is 35.8 Å². The molecule has 0 bridgehead atoms. The van der Waals surface area contributed by atoms with Crippen molar-refractivity contribution in [3.8, 4) is 11.8 Å². The lowest BCUT2D eigenvalue weighted by atomic mass is 9.86. The monoisotopic (exact) mass is 405 g/mol. The van der Waals surface area contributed by atoms with Crippen molar-refractivity contribution >= 4 is 17.7 Å². The van der Waals surface area contributed by atoms with E-state index in [1.807, 2.05) is 49.4 Å². The predicted molar refractivity (Wildman–Crippen MR) is 114 cm³/mol. The highest BCUT2D eigenvalue weighted by Gasteiger charge is 2.38. The van der Waals surface area contributed by atoms with Gasteiger partial charge in [0.15, 0.2) is 0 Å². The number of rotatable bonds is 5. The van der Waals surface area contributed by atoms with Crippen molar-refractivity contribution in [1.29, 1.82) is 5.26 Å². The molecule has 0 saturated carbocycles. The van der Waals surface area contributed by atoms with E-state index in [-0.39, 0.29) is 11.8 Å². The molecule has 1 saturated heterocycles. The first-order valence-electron chi connectivity index (χ1n) is 9.76. The van der Waals surface area contributed by atoms with Crippen molar-refractivity contribution in [1.82, 2.24) is 9.80 Å². The third-order valence-corrected chi connectivity index (χ3v) is 6.40. The van der Waals surface area contributed by atoms with Crippen LogP contribution < -0.4 is 4.74 Å². The molecule has 4 rings (SSSR count). The highest BCUT2D eigenvalue weighted by Crippen LogP contribution is 2.42. The zero-order chi connectivity index (χ0) is 20.2. The molecule has 0 N–H and O–H groups in total. The molecule has 1 amide bonds. The largest absolute Gasteiger partial charge is 0.494 e. The molecule has 1 unspecified atom stereocenters. The Morgan fingerprint density at radius 3 is 2.62 bits per heavy atom. The van der Waals surface area contributed by atoms with Crippen molar-refractivity contribution in [2.45, 2.75) is 25.8 Å². The number of hydrogen-bond acceptors (Lipinski definition) is 5. The first-order valence-corrected chi connectivity index (χ1v) is 10.7. The van der Waals surface area contributed by atoms with Gasteiger partial charge in [-0.2, -0.15) is 5.26 Å². The molecule has 2 aliphatic rings. The Morgan fingerprint density at radius 1 is 1.17 bits per heavy atom. The minimum atomic E-state index is -0.192. The summed E-state index contributed by atoms with van der Waals surface area (Å²) in [4.78, 5) is 17.0. The van der Waals surface area contributed by atoms with E-state index in [1.54, 1.807) is 16.7 Å². The van der Waals surface area contributed by atoms with Gasteiger partial charge in [0.2, 0.25) is 5.91 Å². The number of hydrogen-bond donors (Lipinski definition) is 0. The SMILES string of the molecule is CCOc1ccc(C2CC(=O)N3CN(Cc4ccccc4)CSC3=C2C#N)cc1. The van der Waals surface area contributed by atoms with E-state index in [2.05, 4.69) is 23.1 Å². The molecule has 6 heteroatoms. The summed E-state index contributed by atoms with van der Waals surface area (Å²) in [5, 5.41) is 10.7. The Morgan fingerprint density at radius 2 is 1.93 bits per heavy atom. The average Bonchev–Trinajstić information content (AvgIpc) is 2.75. The Kier molecular flexibility index (Phi) is 5.89. The van der Waals surface area contributed by atoms with Gasteiger partial charge in [0.25, 0.3) is 0 Å². The van der Waals surface area contributed by atoms with Gasteiger partial charge < -0.3 is 4.74 Å². The molecule has 0 aliphatic carbocycles. The van der Waals surface area contributed by atoms with E-state index in [0.29, 0.717) is 25.3 Å². The van der Waals surface area contributed by atoms with Crippen LogP contribution in [0.2, 0.25) is 0 Å². The smallest absolute Gasteiger partial charge is 0.229 e. The molecule has 29 heavy (non-hydrogen) atoms. The minimum Gasteiger partial charge on any atom is -0.494 e. The number of carbonyl (C=O) groups excluding carboxylic acids is 1. The second-order valence-electron chi connectivity index (χ2n) is 7.14. The number of thioether (sulfide) groups is 1. The van der Waals surface area contributed by atoms with Gasteiger partial charge in [-0.1, -0.05) is 54.2 Å². The van der Waals surface area contributed by atoms with Crippen LogP contribution in [0.5, 0.6) is 5.75 Å². The quantitative estimate of drug-likeness (QED) is 0.742. The van der Waals surface area contributed by atoms with E-state index in [9.17, 15) is 10.1 Å². The first-order chi connectivity index (χ1) is 14.2. The summed E-state index contributed by atoms with van der Waals surface area (Å²) in [5.74, 6) is 1.44. The van der Waals surface area contributed by atoms with Crippen LogP contribution in [0, 0.1) is 11.3 Å². The third kappa shape index (κ3) is 4.16. The van der Waals surface area contributed by atoms with Gasteiger partial charge in [-0.05, 0) is 30.2 Å². The van der Waals surface area contributed by atoms with Gasteiger partial charge in [-0.15, -0.1) is 0 Å². The van der Waals surface area contributed by atoms with Gasteiger partial charge in [-0.3, -0.25) is 14.6 Å². The molecule has 5 nitrogen and oxygen atoms in total. The van der Waals surface area contributed by atoms with E-state index >= 15 is 0 Å². The van der Waals surface area contributed by atoms with Crippen molar-refractivity contribution in [2.75, 3.05) is 19.2 Å². The fourth-order valence-corrected chi connectivity index (χ4v) is 4.93. The Balaban J connectivity index is 1.56. The molecule has 1 atom stereocenters. The number of fused-ring (bicyclic) bond motifs is 1. The van der Waals surface area contributed by atoms with Crippen LogP contribution >= 0.6 is 11.8 Å². The highest BCUT2D eigenvalue weighted by molar-refractivity contribution is 8.03. The number of benzene rings is 2. The molecular weight excluding hydrogens is 382 g/mol. The average molecular weight is 406 g/mol. The van der Waals surface area contributed by atoms with Gasteiger partial charge in [-0.25, -0.2) is 0 Å². The van der Waals surface area contributed by atoms with Gasteiger partial charge in [0, 0.05) is 18.9 Å². The summed E-state index contributed by atoms with van der Waals surface area (Å²) in [5.41, 5.74) is 2.90. The molecule has 148 valence electrons. The van der Waals surface area contributed by atoms with E-state index in [4.69, 9.17) is 4.74 Å². The van der Waals surface area contributed by atoms with Crippen molar-refractivity contribution in [3.63, 3.8) is 0 Å². The predicted octanol–water partition coefficient (Wildman–Crippen LogP) is 4.30. The fourth-order valence-electron chi connectivity index (χ4n) is 3.80. The number of nitrogens with zero attached hydrogens (tertiary/aromatic N) is 3. The van der Waals surface area contributed by atoms with Crippen LogP contribution in [0.25, 0.3) is 0 Å². The van der Waals surface area contributed by atoms with Gasteiger partial charge in [0.1, 0.15) is 5.75 Å². The number of carbonyl (C=O) groups is 1. The van der Waals surface area contributed by atoms with Gasteiger partial charge >= 0.3 is 0 Å². The number of ether oxygens (including phenoxy) is 1. The lowest BCUT2D eigenvalue weighted by Crippen LogP contribution is -2.46. The molecular formula is C23H23N3O2S. The van der Waals surface area contributed by atoms with Crippen molar-refractivity contribution in [2.24, 2.45) is 0 Å². The Bertz CT molecular complexity index is 950. The fraction of sp³-hybridized carbons (Fsp3) is 0.304. The number of allylic oxidation sites excluding steroid dienone is 1. The molecule has 0 aromatic heterocycles. The maximum atomic E-state index is 13.0. The van der Waals surface area contributed by atoms with Crippen LogP contribution in [0.1, 0.15) is 30.4 Å². The summed E-state index contributed by atoms with van der Waals surface area (Å²) in [6.45, 7) is 3.87. The van der Waals surface area contributed by atoms with Crippen LogP contribution in [0.4, 0.5) is 0 Å². The molecule has 2 aromatic carbocycles. The summed E-state index contributed by atoms with van der Waals surface area (Å²) >= 11 is 1.58. The minimum absolute atomic E-state index is 0.0724. The van der Waals surface area contributed by atoms with E-state index < -0.39 is 0 Å². The summed E-state index contributed by atoms with van der Waals surface area (Å²) in [7, 11) is 0. The lowest BCUT2D eigenvalue weighted by molar-refractivity contribution is -0.131. The first kappa shape index (κ1) is 19.6. The zero-order valence-electron chi connectivity index (χ0n) is 16.4. The van der Waals surface area contributed by atoms with Crippen molar-refractivity contribution < 1.29 is 9.53 Å². The van der Waals surface area contributed by atoms with Crippen LogP contribution in [-0.2, 0) is 11.3 Å². The molecule has 2 heterocycles. The summed E-state index contributed by atoms with van der Waals surface area (Å²) in [6, 6.07) is 20.4. The summed E-state index contributed by atoms with van der Waals surface area (Å²) in [6.07, 6.45) is 0.320. The van der Waals surface area contributed by atoms with E-state index in [1.165, 1.54) is 5.56 Å². The number of nitriles is 1. The van der Waals surface area contributed by atoms with Crippen LogP contribution in [0.15, 0.2) is 65.2 Å².